The van der Waals surface area contributed by atoms with Gasteiger partial charge in [0.25, 0.3) is 0 Å². The SMILES string of the molecule is Cl.O=C(O)C1CCCN(CCON=C(c2cccc(F)c2)c2ccc(F)cc2Cl)C1. The summed E-state index contributed by atoms with van der Waals surface area (Å²) >= 11 is 6.16. The summed E-state index contributed by atoms with van der Waals surface area (Å²) in [6.45, 7) is 2.02. The number of benzene rings is 2. The van der Waals surface area contributed by atoms with E-state index in [0.29, 0.717) is 30.6 Å². The van der Waals surface area contributed by atoms with Gasteiger partial charge >= 0.3 is 5.97 Å². The molecule has 1 saturated heterocycles. The molecule has 2 aromatic rings. The first kappa shape index (κ1) is 24.1. The molecule has 1 aliphatic heterocycles. The monoisotopic (exact) mass is 458 g/mol. The van der Waals surface area contributed by atoms with Crippen LogP contribution >= 0.6 is 24.0 Å². The lowest BCUT2D eigenvalue weighted by molar-refractivity contribution is -0.143. The quantitative estimate of drug-likeness (QED) is 0.374. The van der Waals surface area contributed by atoms with Crippen LogP contribution in [0.2, 0.25) is 5.02 Å². The number of piperidine rings is 1. The van der Waals surface area contributed by atoms with Crippen LogP contribution in [0.5, 0.6) is 0 Å². The van der Waals surface area contributed by atoms with Crippen molar-refractivity contribution < 1.29 is 23.5 Å². The van der Waals surface area contributed by atoms with Crippen molar-refractivity contribution in [1.29, 1.82) is 0 Å². The number of nitrogens with zero attached hydrogens (tertiary/aromatic N) is 2. The van der Waals surface area contributed by atoms with E-state index >= 15 is 0 Å². The molecule has 1 heterocycles. The number of carbonyl (C=O) groups is 1. The lowest BCUT2D eigenvalue weighted by Crippen LogP contribution is -2.40. The second-order valence-electron chi connectivity index (χ2n) is 6.89. The van der Waals surface area contributed by atoms with E-state index < -0.39 is 17.6 Å². The topological polar surface area (TPSA) is 62.1 Å². The molecule has 30 heavy (non-hydrogen) atoms. The second kappa shape index (κ2) is 11.2. The highest BCUT2D eigenvalue weighted by atomic mass is 35.5. The van der Waals surface area contributed by atoms with Crippen molar-refractivity contribution in [2.75, 3.05) is 26.2 Å². The summed E-state index contributed by atoms with van der Waals surface area (Å²) in [6.07, 6.45) is 1.50. The lowest BCUT2D eigenvalue weighted by atomic mass is 9.98. The Morgan fingerprint density at radius 3 is 2.70 bits per heavy atom. The molecule has 162 valence electrons. The lowest BCUT2D eigenvalue weighted by Gasteiger charge is -2.29. The third-order valence-corrected chi connectivity index (χ3v) is 5.11. The van der Waals surface area contributed by atoms with Crippen molar-refractivity contribution in [3.8, 4) is 0 Å². The van der Waals surface area contributed by atoms with Gasteiger partial charge in [-0.25, -0.2) is 8.78 Å². The molecule has 0 saturated carbocycles. The van der Waals surface area contributed by atoms with E-state index in [2.05, 4.69) is 5.16 Å². The fourth-order valence-electron chi connectivity index (χ4n) is 3.31. The van der Waals surface area contributed by atoms with Gasteiger partial charge in [0.2, 0.25) is 0 Å². The molecule has 0 amide bonds. The van der Waals surface area contributed by atoms with Crippen molar-refractivity contribution in [1.82, 2.24) is 4.90 Å². The Morgan fingerprint density at radius 2 is 2.00 bits per heavy atom. The van der Waals surface area contributed by atoms with Crippen molar-refractivity contribution in [2.24, 2.45) is 11.1 Å². The van der Waals surface area contributed by atoms with E-state index in [0.717, 1.165) is 19.0 Å². The van der Waals surface area contributed by atoms with Crippen LogP contribution in [0.25, 0.3) is 0 Å². The molecule has 0 aliphatic carbocycles. The van der Waals surface area contributed by atoms with E-state index in [1.54, 1.807) is 6.07 Å². The van der Waals surface area contributed by atoms with Crippen LogP contribution in [0.15, 0.2) is 47.6 Å². The fraction of sp³-hybridized carbons (Fsp3) is 0.333. The minimum absolute atomic E-state index is 0. The highest BCUT2D eigenvalue weighted by Crippen LogP contribution is 2.22. The van der Waals surface area contributed by atoms with Gasteiger partial charge in [-0.2, -0.15) is 0 Å². The third-order valence-electron chi connectivity index (χ3n) is 4.79. The van der Waals surface area contributed by atoms with Gasteiger partial charge in [-0.3, -0.25) is 9.69 Å². The molecule has 0 radical (unpaired) electrons. The number of hydrogen-bond donors (Lipinski definition) is 1. The van der Waals surface area contributed by atoms with Crippen LogP contribution < -0.4 is 0 Å². The first-order chi connectivity index (χ1) is 13.9. The van der Waals surface area contributed by atoms with E-state index in [4.69, 9.17) is 16.4 Å². The molecule has 1 atom stereocenters. The van der Waals surface area contributed by atoms with E-state index in [-0.39, 0.29) is 35.7 Å². The Morgan fingerprint density at radius 1 is 1.23 bits per heavy atom. The highest BCUT2D eigenvalue weighted by Gasteiger charge is 2.25. The maximum absolute atomic E-state index is 13.7. The summed E-state index contributed by atoms with van der Waals surface area (Å²) in [4.78, 5) is 18.6. The van der Waals surface area contributed by atoms with Gasteiger partial charge in [0.05, 0.1) is 10.9 Å². The second-order valence-corrected chi connectivity index (χ2v) is 7.29. The van der Waals surface area contributed by atoms with Crippen molar-refractivity contribution in [3.63, 3.8) is 0 Å². The molecule has 1 unspecified atom stereocenters. The third kappa shape index (κ3) is 6.39. The molecule has 2 aromatic carbocycles. The van der Waals surface area contributed by atoms with Gasteiger partial charge in [0.15, 0.2) is 0 Å². The zero-order chi connectivity index (χ0) is 20.8. The molecular formula is C21H22Cl2F2N2O3. The standard InChI is InChI=1S/C21H21ClF2N2O3.ClH/c22-19-12-17(24)6-7-18(19)20(14-3-1-5-16(23)11-14)25-29-10-9-26-8-2-4-15(13-26)21(27)28;/h1,3,5-7,11-12,15H,2,4,8-10,13H2,(H,27,28);1H. The smallest absolute Gasteiger partial charge is 0.307 e. The average molecular weight is 459 g/mol. The van der Waals surface area contributed by atoms with E-state index in [1.807, 2.05) is 4.90 Å². The molecule has 9 heteroatoms. The number of aliphatic carboxylic acids is 1. The van der Waals surface area contributed by atoms with Gasteiger partial charge < -0.3 is 9.94 Å². The molecule has 3 rings (SSSR count). The number of carboxylic acids is 1. The molecule has 0 aromatic heterocycles. The Kier molecular flexibility index (Phi) is 9.02. The normalized spacial score (nSPS) is 17.3. The Hall–Kier alpha value is -2.22. The van der Waals surface area contributed by atoms with E-state index in [9.17, 15) is 18.7 Å². The summed E-state index contributed by atoms with van der Waals surface area (Å²) in [5, 5.41) is 13.4. The van der Waals surface area contributed by atoms with Crippen LogP contribution in [0.3, 0.4) is 0 Å². The van der Waals surface area contributed by atoms with Crippen LogP contribution in [0, 0.1) is 17.6 Å². The minimum Gasteiger partial charge on any atom is -0.481 e. The zero-order valence-electron chi connectivity index (χ0n) is 16.1. The molecule has 1 fully saturated rings. The maximum Gasteiger partial charge on any atom is 0.307 e. The number of hydrogen-bond acceptors (Lipinski definition) is 4. The summed E-state index contributed by atoms with van der Waals surface area (Å²) < 4.78 is 27.1. The molecule has 1 aliphatic rings. The van der Waals surface area contributed by atoms with Gasteiger partial charge in [0.1, 0.15) is 24.0 Å². The first-order valence-corrected chi connectivity index (χ1v) is 9.68. The summed E-state index contributed by atoms with van der Waals surface area (Å²) in [5.41, 5.74) is 1.15. The number of oxime groups is 1. The van der Waals surface area contributed by atoms with Gasteiger partial charge in [-0.05, 0) is 49.7 Å². The average Bonchev–Trinajstić information content (AvgIpc) is 2.69. The van der Waals surface area contributed by atoms with Crippen molar-refractivity contribution in [3.05, 3.63) is 70.2 Å². The minimum atomic E-state index is -0.784. The number of carboxylic acid groups (broad SMARTS) is 1. The Balaban J connectivity index is 0.00000320. The van der Waals surface area contributed by atoms with Crippen LogP contribution in [0.4, 0.5) is 8.78 Å². The summed E-state index contributed by atoms with van der Waals surface area (Å²) in [6, 6.07) is 9.67. The van der Waals surface area contributed by atoms with Gasteiger partial charge in [-0.15, -0.1) is 12.4 Å². The fourth-order valence-corrected chi connectivity index (χ4v) is 3.57. The molecule has 5 nitrogen and oxygen atoms in total. The number of likely N-dealkylation sites (tertiary alicyclic amines) is 1. The van der Waals surface area contributed by atoms with Gasteiger partial charge in [-0.1, -0.05) is 28.9 Å². The Labute approximate surface area is 184 Å². The largest absolute Gasteiger partial charge is 0.481 e. The Bertz CT molecular complexity index is 912. The molecule has 0 spiro atoms. The zero-order valence-corrected chi connectivity index (χ0v) is 17.6. The molecule has 1 N–H and O–H groups in total. The van der Waals surface area contributed by atoms with Crippen molar-refractivity contribution >= 4 is 35.7 Å². The highest BCUT2D eigenvalue weighted by molar-refractivity contribution is 6.35. The number of halogens is 4. The molecule has 0 bridgehead atoms. The van der Waals surface area contributed by atoms with Crippen LogP contribution in [0.1, 0.15) is 24.0 Å². The van der Waals surface area contributed by atoms with Crippen molar-refractivity contribution in [2.45, 2.75) is 12.8 Å². The van der Waals surface area contributed by atoms with Crippen LogP contribution in [-0.4, -0.2) is 47.9 Å². The first-order valence-electron chi connectivity index (χ1n) is 9.30. The maximum atomic E-state index is 13.7. The summed E-state index contributed by atoms with van der Waals surface area (Å²) in [7, 11) is 0. The predicted molar refractivity (Wildman–Crippen MR) is 113 cm³/mol. The van der Waals surface area contributed by atoms with Crippen LogP contribution in [-0.2, 0) is 9.63 Å². The van der Waals surface area contributed by atoms with Gasteiger partial charge in [0, 0.05) is 24.2 Å². The number of rotatable bonds is 7. The summed E-state index contributed by atoms with van der Waals surface area (Å²) in [5.74, 6) is -2.08. The molecular weight excluding hydrogens is 437 g/mol. The predicted octanol–water partition coefficient (Wildman–Crippen LogP) is 4.61. The van der Waals surface area contributed by atoms with E-state index in [1.165, 1.54) is 30.3 Å².